The Morgan fingerprint density at radius 1 is 1.33 bits per heavy atom. The lowest BCUT2D eigenvalue weighted by Gasteiger charge is -2.20. The molecule has 3 nitrogen and oxygen atoms in total. The SMILES string of the molecule is Cc1cc(C)nc(-n2ccc3c2CCCC3N)c1. The van der Waals surface area contributed by atoms with Crippen molar-refractivity contribution in [3.63, 3.8) is 0 Å². The molecule has 94 valence electrons. The highest BCUT2D eigenvalue weighted by Gasteiger charge is 2.21. The topological polar surface area (TPSA) is 43.8 Å². The van der Waals surface area contributed by atoms with Crippen molar-refractivity contribution in [2.75, 3.05) is 0 Å². The zero-order valence-corrected chi connectivity index (χ0v) is 11.0. The maximum atomic E-state index is 6.16. The fraction of sp³-hybridized carbons (Fsp3) is 0.400. The molecule has 0 aromatic carbocycles. The van der Waals surface area contributed by atoms with E-state index in [1.165, 1.54) is 23.2 Å². The molecule has 0 aliphatic heterocycles. The number of hydrogen-bond acceptors (Lipinski definition) is 2. The van der Waals surface area contributed by atoms with Gasteiger partial charge in [-0.25, -0.2) is 4.98 Å². The monoisotopic (exact) mass is 241 g/mol. The summed E-state index contributed by atoms with van der Waals surface area (Å²) >= 11 is 0. The van der Waals surface area contributed by atoms with Crippen LogP contribution in [0.15, 0.2) is 24.4 Å². The molecule has 3 heteroatoms. The van der Waals surface area contributed by atoms with E-state index < -0.39 is 0 Å². The Bertz CT molecular complexity index is 563. The molecule has 0 saturated carbocycles. The van der Waals surface area contributed by atoms with Gasteiger partial charge in [0, 0.05) is 23.6 Å². The van der Waals surface area contributed by atoms with Crippen molar-refractivity contribution in [1.29, 1.82) is 0 Å². The number of nitrogens with two attached hydrogens (primary N) is 1. The fourth-order valence-corrected chi connectivity index (χ4v) is 2.89. The minimum atomic E-state index is 0.195. The molecule has 18 heavy (non-hydrogen) atoms. The van der Waals surface area contributed by atoms with Crippen molar-refractivity contribution >= 4 is 0 Å². The third-order valence-electron chi connectivity index (χ3n) is 3.69. The van der Waals surface area contributed by atoms with Crippen LogP contribution >= 0.6 is 0 Å². The van der Waals surface area contributed by atoms with Crippen molar-refractivity contribution in [2.24, 2.45) is 5.73 Å². The van der Waals surface area contributed by atoms with Gasteiger partial charge in [0.05, 0.1) is 0 Å². The third kappa shape index (κ3) is 1.85. The van der Waals surface area contributed by atoms with Crippen LogP contribution in [-0.2, 0) is 6.42 Å². The lowest BCUT2D eigenvalue weighted by atomic mass is 9.94. The fourth-order valence-electron chi connectivity index (χ4n) is 2.89. The highest BCUT2D eigenvalue weighted by atomic mass is 15.1. The van der Waals surface area contributed by atoms with Crippen LogP contribution < -0.4 is 5.73 Å². The number of aryl methyl sites for hydroxylation is 2. The van der Waals surface area contributed by atoms with Crippen molar-refractivity contribution in [3.05, 3.63) is 46.9 Å². The molecular weight excluding hydrogens is 222 g/mol. The van der Waals surface area contributed by atoms with Gasteiger partial charge in [0.15, 0.2) is 0 Å². The number of pyridine rings is 1. The first-order valence-electron chi connectivity index (χ1n) is 6.56. The molecule has 0 saturated heterocycles. The summed E-state index contributed by atoms with van der Waals surface area (Å²) in [4.78, 5) is 4.63. The van der Waals surface area contributed by atoms with Crippen LogP contribution in [0.3, 0.4) is 0 Å². The van der Waals surface area contributed by atoms with Gasteiger partial charge < -0.3 is 10.3 Å². The molecule has 2 aromatic heterocycles. The molecule has 2 aromatic rings. The van der Waals surface area contributed by atoms with Crippen LogP contribution in [-0.4, -0.2) is 9.55 Å². The first-order valence-corrected chi connectivity index (χ1v) is 6.56. The van der Waals surface area contributed by atoms with Gasteiger partial charge in [0.1, 0.15) is 5.82 Å². The number of rotatable bonds is 1. The van der Waals surface area contributed by atoms with Gasteiger partial charge in [0.2, 0.25) is 0 Å². The highest BCUT2D eigenvalue weighted by molar-refractivity contribution is 5.38. The van der Waals surface area contributed by atoms with E-state index in [2.05, 4.69) is 40.9 Å². The van der Waals surface area contributed by atoms with E-state index in [-0.39, 0.29) is 6.04 Å². The molecule has 0 fully saturated rings. The van der Waals surface area contributed by atoms with Crippen molar-refractivity contribution in [2.45, 2.75) is 39.2 Å². The smallest absolute Gasteiger partial charge is 0.137 e. The number of hydrogen-bond donors (Lipinski definition) is 1. The Hall–Kier alpha value is -1.61. The molecule has 2 N–H and O–H groups in total. The second-order valence-electron chi connectivity index (χ2n) is 5.23. The predicted molar refractivity (Wildman–Crippen MR) is 72.9 cm³/mol. The summed E-state index contributed by atoms with van der Waals surface area (Å²) in [6, 6.07) is 6.58. The number of nitrogens with zero attached hydrogens (tertiary/aromatic N) is 2. The Morgan fingerprint density at radius 2 is 2.17 bits per heavy atom. The summed E-state index contributed by atoms with van der Waals surface area (Å²) in [5.74, 6) is 1.02. The Labute approximate surface area is 108 Å². The average molecular weight is 241 g/mol. The van der Waals surface area contributed by atoms with E-state index >= 15 is 0 Å². The molecule has 0 amide bonds. The molecule has 1 atom stereocenters. The lowest BCUT2D eigenvalue weighted by Crippen LogP contribution is -2.18. The van der Waals surface area contributed by atoms with Crippen LogP contribution in [0.1, 0.15) is 41.4 Å². The highest BCUT2D eigenvalue weighted by Crippen LogP contribution is 2.30. The van der Waals surface area contributed by atoms with E-state index in [1.54, 1.807) is 0 Å². The second kappa shape index (κ2) is 4.25. The van der Waals surface area contributed by atoms with Gasteiger partial charge in [0.25, 0.3) is 0 Å². The number of aromatic nitrogens is 2. The third-order valence-corrected chi connectivity index (χ3v) is 3.69. The normalized spacial score (nSPS) is 18.7. The molecule has 0 bridgehead atoms. The second-order valence-corrected chi connectivity index (χ2v) is 5.23. The van der Waals surface area contributed by atoms with Crippen LogP contribution in [0.25, 0.3) is 5.82 Å². The van der Waals surface area contributed by atoms with Gasteiger partial charge in [-0.15, -0.1) is 0 Å². The Kier molecular flexibility index (Phi) is 2.71. The first-order chi connectivity index (χ1) is 8.65. The van der Waals surface area contributed by atoms with Crippen molar-refractivity contribution in [1.82, 2.24) is 9.55 Å². The molecule has 1 aliphatic carbocycles. The molecule has 1 unspecified atom stereocenters. The van der Waals surface area contributed by atoms with E-state index in [0.29, 0.717) is 0 Å². The Balaban J connectivity index is 2.12. The quantitative estimate of drug-likeness (QED) is 0.834. The van der Waals surface area contributed by atoms with E-state index in [4.69, 9.17) is 5.73 Å². The zero-order chi connectivity index (χ0) is 12.7. The zero-order valence-electron chi connectivity index (χ0n) is 11.0. The predicted octanol–water partition coefficient (Wildman–Crippen LogP) is 2.83. The van der Waals surface area contributed by atoms with E-state index in [1.807, 2.05) is 6.92 Å². The van der Waals surface area contributed by atoms with Gasteiger partial charge >= 0.3 is 0 Å². The molecule has 2 heterocycles. The minimum Gasteiger partial charge on any atom is -0.324 e. The maximum absolute atomic E-state index is 6.16. The van der Waals surface area contributed by atoms with Crippen molar-refractivity contribution in [3.8, 4) is 5.82 Å². The van der Waals surface area contributed by atoms with Crippen molar-refractivity contribution < 1.29 is 0 Å². The molecule has 0 radical (unpaired) electrons. The largest absolute Gasteiger partial charge is 0.324 e. The van der Waals surface area contributed by atoms with Gasteiger partial charge in [-0.2, -0.15) is 0 Å². The first kappa shape index (κ1) is 11.5. The van der Waals surface area contributed by atoms with Crippen LogP contribution in [0.2, 0.25) is 0 Å². The Morgan fingerprint density at radius 3 is 2.94 bits per heavy atom. The van der Waals surface area contributed by atoms with E-state index in [0.717, 1.165) is 24.4 Å². The van der Waals surface area contributed by atoms with Crippen LogP contribution in [0.4, 0.5) is 0 Å². The summed E-state index contributed by atoms with van der Waals surface area (Å²) in [5.41, 5.74) is 11.1. The summed E-state index contributed by atoms with van der Waals surface area (Å²) in [6.45, 7) is 4.15. The molecular formula is C15H19N3. The molecule has 3 rings (SSSR count). The van der Waals surface area contributed by atoms with Crippen LogP contribution in [0, 0.1) is 13.8 Å². The number of fused-ring (bicyclic) bond motifs is 1. The average Bonchev–Trinajstić information content (AvgIpc) is 2.73. The summed E-state index contributed by atoms with van der Waals surface area (Å²) in [6.07, 6.45) is 5.47. The summed E-state index contributed by atoms with van der Waals surface area (Å²) in [5, 5.41) is 0. The standard InChI is InChI=1S/C15H19N3/c1-10-8-11(2)17-15(9-10)18-7-6-12-13(16)4-3-5-14(12)18/h6-9,13H,3-5,16H2,1-2H3. The van der Waals surface area contributed by atoms with Gasteiger partial charge in [-0.1, -0.05) is 0 Å². The molecule has 0 spiro atoms. The van der Waals surface area contributed by atoms with Gasteiger partial charge in [-0.05, 0) is 62.4 Å². The summed E-state index contributed by atoms with van der Waals surface area (Å²) in [7, 11) is 0. The minimum absolute atomic E-state index is 0.195. The van der Waals surface area contributed by atoms with Gasteiger partial charge in [-0.3, -0.25) is 0 Å². The van der Waals surface area contributed by atoms with E-state index in [9.17, 15) is 0 Å². The lowest BCUT2D eigenvalue weighted by molar-refractivity contribution is 0.559. The van der Waals surface area contributed by atoms with Crippen LogP contribution in [0.5, 0.6) is 0 Å². The summed E-state index contributed by atoms with van der Waals surface area (Å²) < 4.78 is 2.20. The maximum Gasteiger partial charge on any atom is 0.137 e. The molecule has 1 aliphatic rings.